The van der Waals surface area contributed by atoms with E-state index in [0.29, 0.717) is 18.4 Å². The fourth-order valence-corrected chi connectivity index (χ4v) is 3.02. The van der Waals surface area contributed by atoms with Gasteiger partial charge >= 0.3 is 5.97 Å². The summed E-state index contributed by atoms with van der Waals surface area (Å²) in [6.45, 7) is 1.14. The van der Waals surface area contributed by atoms with Crippen molar-refractivity contribution in [3.05, 3.63) is 43.6 Å². The van der Waals surface area contributed by atoms with E-state index in [1.54, 1.807) is 6.92 Å². The number of ether oxygens (including phenoxy) is 1. The van der Waals surface area contributed by atoms with Crippen molar-refractivity contribution in [1.29, 1.82) is 0 Å². The lowest BCUT2D eigenvalue weighted by atomic mass is 9.79. The molecule has 0 atom stereocenters. The van der Waals surface area contributed by atoms with Crippen molar-refractivity contribution in [3.8, 4) is 5.75 Å². The first-order valence-electron chi connectivity index (χ1n) is 8.22. The smallest absolute Gasteiger partial charge is 0.322 e. The summed E-state index contributed by atoms with van der Waals surface area (Å²) in [6, 6.07) is 3.00. The van der Waals surface area contributed by atoms with Crippen LogP contribution in [0.3, 0.4) is 0 Å². The van der Waals surface area contributed by atoms with Gasteiger partial charge in [-0.1, -0.05) is 30.1 Å². The third-order valence-electron chi connectivity index (χ3n) is 4.28. The number of amides is 1. The standard InChI is InChI=1S/C17H18Cl2N2O6/c1-2-11(21(25)26)8-10-4-5-12(15(19)14(10)18)27-17(6-3-7-17)16(24)20-9-13(22)23/h4-5,8H,2-3,6-7,9H2,1H3,(H,20,24)(H,22,23). The van der Waals surface area contributed by atoms with Crippen LogP contribution in [0.1, 0.15) is 38.2 Å². The van der Waals surface area contributed by atoms with E-state index in [4.69, 9.17) is 33.0 Å². The predicted octanol–water partition coefficient (Wildman–Crippen LogP) is 3.52. The molecule has 146 valence electrons. The van der Waals surface area contributed by atoms with Crippen LogP contribution in [-0.4, -0.2) is 34.1 Å². The van der Waals surface area contributed by atoms with Gasteiger partial charge in [-0.2, -0.15) is 0 Å². The Labute approximate surface area is 165 Å². The Kier molecular flexibility index (Phi) is 6.67. The molecule has 2 rings (SSSR count). The van der Waals surface area contributed by atoms with Crippen LogP contribution in [-0.2, 0) is 9.59 Å². The lowest BCUT2D eigenvalue weighted by Gasteiger charge is -2.40. The zero-order valence-electron chi connectivity index (χ0n) is 14.5. The largest absolute Gasteiger partial charge is 0.480 e. The van der Waals surface area contributed by atoms with Gasteiger partial charge in [0.2, 0.25) is 5.70 Å². The zero-order chi connectivity index (χ0) is 20.2. The SMILES string of the molecule is CCC(=Cc1ccc(OC2(C(=O)NCC(=O)O)CCC2)c(Cl)c1Cl)[N+](=O)[O-]. The number of aliphatic carboxylic acids is 1. The molecule has 2 N–H and O–H groups in total. The van der Waals surface area contributed by atoms with Gasteiger partial charge in [-0.15, -0.1) is 0 Å². The van der Waals surface area contributed by atoms with Crippen LogP contribution < -0.4 is 10.1 Å². The van der Waals surface area contributed by atoms with Gasteiger partial charge in [-0.25, -0.2) is 0 Å². The average Bonchev–Trinajstić information content (AvgIpc) is 2.58. The Morgan fingerprint density at radius 3 is 2.52 bits per heavy atom. The molecule has 27 heavy (non-hydrogen) atoms. The van der Waals surface area contributed by atoms with E-state index < -0.39 is 28.9 Å². The van der Waals surface area contributed by atoms with Crippen LogP contribution in [0.2, 0.25) is 10.0 Å². The molecule has 0 unspecified atom stereocenters. The van der Waals surface area contributed by atoms with Crippen LogP contribution >= 0.6 is 23.2 Å². The summed E-state index contributed by atoms with van der Waals surface area (Å²) < 4.78 is 5.80. The van der Waals surface area contributed by atoms with E-state index in [9.17, 15) is 19.7 Å². The molecule has 0 spiro atoms. The fraction of sp³-hybridized carbons (Fsp3) is 0.412. The molecule has 0 bridgehead atoms. The first kappa shape index (κ1) is 21.0. The summed E-state index contributed by atoms with van der Waals surface area (Å²) in [7, 11) is 0. The number of allylic oxidation sites excluding steroid dienone is 1. The van der Waals surface area contributed by atoms with E-state index in [1.165, 1.54) is 18.2 Å². The molecule has 1 aromatic rings. The number of nitrogens with one attached hydrogen (secondary N) is 1. The van der Waals surface area contributed by atoms with Crippen molar-refractivity contribution in [2.75, 3.05) is 6.54 Å². The van der Waals surface area contributed by atoms with Crippen molar-refractivity contribution in [1.82, 2.24) is 5.32 Å². The molecule has 1 aliphatic rings. The van der Waals surface area contributed by atoms with E-state index in [1.807, 2.05) is 0 Å². The second kappa shape index (κ2) is 8.58. The lowest BCUT2D eigenvalue weighted by Crippen LogP contribution is -2.56. The van der Waals surface area contributed by atoms with E-state index >= 15 is 0 Å². The Bertz CT molecular complexity index is 805. The number of halogens is 2. The number of nitro groups is 1. The van der Waals surface area contributed by atoms with E-state index in [2.05, 4.69) is 5.32 Å². The van der Waals surface area contributed by atoms with Gasteiger partial charge in [0.1, 0.15) is 17.3 Å². The molecule has 0 aliphatic heterocycles. The van der Waals surface area contributed by atoms with Crippen molar-refractivity contribution < 1.29 is 24.4 Å². The van der Waals surface area contributed by atoms with Crippen molar-refractivity contribution >= 4 is 41.2 Å². The van der Waals surface area contributed by atoms with Crippen molar-refractivity contribution in [2.24, 2.45) is 0 Å². The Hall–Kier alpha value is -2.32. The number of carbonyl (C=O) groups excluding carboxylic acids is 1. The van der Waals surface area contributed by atoms with Crippen LogP contribution in [0.4, 0.5) is 0 Å². The molecule has 1 fully saturated rings. The number of hydrogen-bond acceptors (Lipinski definition) is 5. The molecule has 0 saturated heterocycles. The molecule has 1 aliphatic carbocycles. The highest BCUT2D eigenvalue weighted by atomic mass is 35.5. The molecule has 10 heteroatoms. The molecular weight excluding hydrogens is 399 g/mol. The molecule has 0 heterocycles. The number of benzene rings is 1. The highest BCUT2D eigenvalue weighted by molar-refractivity contribution is 6.43. The topological polar surface area (TPSA) is 119 Å². The van der Waals surface area contributed by atoms with Gasteiger partial charge in [0, 0.05) is 18.1 Å². The molecule has 1 aromatic carbocycles. The highest BCUT2D eigenvalue weighted by Crippen LogP contribution is 2.42. The molecule has 0 aromatic heterocycles. The predicted molar refractivity (Wildman–Crippen MR) is 99.6 cm³/mol. The highest BCUT2D eigenvalue weighted by Gasteiger charge is 2.47. The van der Waals surface area contributed by atoms with Gasteiger partial charge in [0.25, 0.3) is 5.91 Å². The average molecular weight is 417 g/mol. The lowest BCUT2D eigenvalue weighted by molar-refractivity contribution is -0.425. The maximum atomic E-state index is 12.3. The number of carboxylic acid groups (broad SMARTS) is 1. The summed E-state index contributed by atoms with van der Waals surface area (Å²) in [5.74, 6) is -1.54. The first-order chi connectivity index (χ1) is 12.7. The number of carboxylic acids is 1. The number of nitrogens with zero attached hydrogens (tertiary/aromatic N) is 1. The summed E-state index contributed by atoms with van der Waals surface area (Å²) in [5, 5.41) is 22.1. The molecular formula is C17H18Cl2N2O6. The summed E-state index contributed by atoms with van der Waals surface area (Å²) in [5.41, 5.74) is -0.861. The maximum absolute atomic E-state index is 12.3. The summed E-state index contributed by atoms with van der Waals surface area (Å²) in [6.07, 6.45) is 3.11. The zero-order valence-corrected chi connectivity index (χ0v) is 16.0. The summed E-state index contributed by atoms with van der Waals surface area (Å²) >= 11 is 12.5. The Balaban J connectivity index is 2.26. The van der Waals surface area contributed by atoms with Crippen LogP contribution in [0, 0.1) is 10.1 Å². The second-order valence-corrected chi connectivity index (χ2v) is 6.81. The minimum absolute atomic E-state index is 0.0230. The monoisotopic (exact) mass is 416 g/mol. The fourth-order valence-electron chi connectivity index (χ4n) is 2.60. The van der Waals surface area contributed by atoms with Gasteiger partial charge < -0.3 is 15.2 Å². The molecule has 1 amide bonds. The normalized spacial score (nSPS) is 15.6. The second-order valence-electron chi connectivity index (χ2n) is 6.05. The summed E-state index contributed by atoms with van der Waals surface area (Å²) in [4.78, 5) is 33.4. The van der Waals surface area contributed by atoms with E-state index in [0.717, 1.165) is 6.42 Å². The molecule has 0 radical (unpaired) electrons. The Morgan fingerprint density at radius 1 is 1.37 bits per heavy atom. The Morgan fingerprint density at radius 2 is 2.04 bits per heavy atom. The van der Waals surface area contributed by atoms with E-state index in [-0.39, 0.29) is 27.9 Å². The number of rotatable bonds is 8. The first-order valence-corrected chi connectivity index (χ1v) is 8.98. The van der Waals surface area contributed by atoms with Gasteiger partial charge in [0.05, 0.1) is 9.95 Å². The third-order valence-corrected chi connectivity index (χ3v) is 5.16. The molecule has 1 saturated carbocycles. The minimum Gasteiger partial charge on any atom is -0.480 e. The molecule has 8 nitrogen and oxygen atoms in total. The van der Waals surface area contributed by atoms with Gasteiger partial charge in [-0.3, -0.25) is 19.7 Å². The van der Waals surface area contributed by atoms with Gasteiger partial charge in [-0.05, 0) is 31.4 Å². The third kappa shape index (κ3) is 4.70. The van der Waals surface area contributed by atoms with Crippen LogP contribution in [0.25, 0.3) is 6.08 Å². The maximum Gasteiger partial charge on any atom is 0.322 e. The van der Waals surface area contributed by atoms with Crippen molar-refractivity contribution in [2.45, 2.75) is 38.2 Å². The number of hydrogen-bond donors (Lipinski definition) is 2. The van der Waals surface area contributed by atoms with Crippen molar-refractivity contribution in [3.63, 3.8) is 0 Å². The minimum atomic E-state index is -1.20. The van der Waals surface area contributed by atoms with Crippen LogP contribution in [0.15, 0.2) is 17.8 Å². The van der Waals surface area contributed by atoms with Crippen LogP contribution in [0.5, 0.6) is 5.75 Å². The number of carbonyl (C=O) groups is 2. The van der Waals surface area contributed by atoms with Gasteiger partial charge in [0.15, 0.2) is 5.60 Å². The quantitative estimate of drug-likeness (QED) is 0.494.